The van der Waals surface area contributed by atoms with Crippen LogP contribution in [0.4, 0.5) is 11.6 Å². The van der Waals surface area contributed by atoms with Crippen molar-refractivity contribution in [2.75, 3.05) is 5.32 Å². The first-order valence-corrected chi connectivity index (χ1v) is 9.09. The number of nitrogens with zero attached hydrogens (tertiary/aromatic N) is 7. The molecule has 1 atom stereocenters. The summed E-state index contributed by atoms with van der Waals surface area (Å²) in [5, 5.41) is 12.9. The molecule has 4 heterocycles. The van der Waals surface area contributed by atoms with Crippen LogP contribution < -0.4 is 5.32 Å². The maximum absolute atomic E-state index is 9.64. The normalized spacial score (nSPS) is 12.6. The average molecular weight is 378 g/mol. The fourth-order valence-corrected chi connectivity index (χ4v) is 3.18. The van der Waals surface area contributed by atoms with Crippen molar-refractivity contribution in [3.63, 3.8) is 0 Å². The van der Waals surface area contributed by atoms with Crippen LogP contribution in [-0.4, -0.2) is 39.2 Å². The predicted molar refractivity (Wildman–Crippen MR) is 106 cm³/mol. The van der Waals surface area contributed by atoms with Crippen LogP contribution in [0.3, 0.4) is 0 Å². The molecule has 0 aromatic carbocycles. The maximum Gasteiger partial charge on any atom is 0.236 e. The van der Waals surface area contributed by atoms with Gasteiger partial charge in [0.25, 0.3) is 0 Å². The molecule has 0 saturated heterocycles. The van der Waals surface area contributed by atoms with E-state index in [0.29, 0.717) is 29.3 Å². The van der Waals surface area contributed by atoms with E-state index in [-0.39, 0.29) is 0 Å². The molecule has 0 spiro atoms. The Labute approximate surface area is 162 Å². The van der Waals surface area contributed by atoms with Gasteiger partial charge in [0.15, 0.2) is 0 Å². The molecule has 4 aromatic rings. The molecule has 0 amide bonds. The third-order valence-electron chi connectivity index (χ3n) is 4.43. The van der Waals surface area contributed by atoms with Gasteiger partial charge >= 0.3 is 0 Å². The van der Waals surface area contributed by atoms with Gasteiger partial charge in [-0.1, -0.05) is 0 Å². The van der Waals surface area contributed by atoms with Crippen LogP contribution >= 0.6 is 0 Å². The lowest BCUT2D eigenvalue weighted by Gasteiger charge is -2.11. The van der Waals surface area contributed by atoms with Gasteiger partial charge in [-0.25, -0.2) is 19.9 Å². The topological polar surface area (TPSA) is 107 Å². The van der Waals surface area contributed by atoms with Gasteiger partial charge in [-0.15, -0.1) is 0 Å². The smallest absolute Gasteiger partial charge is 0.236 e. The van der Waals surface area contributed by atoms with Crippen LogP contribution in [-0.2, 0) is 0 Å². The number of aliphatic hydroxyl groups is 1. The Morgan fingerprint density at radius 3 is 2.61 bits per heavy atom. The lowest BCUT2D eigenvalue weighted by molar-refractivity contribution is 0.195. The monoisotopic (exact) mass is 378 g/mol. The van der Waals surface area contributed by atoms with E-state index in [0.717, 1.165) is 16.9 Å². The van der Waals surface area contributed by atoms with Gasteiger partial charge in [0.1, 0.15) is 29.3 Å². The molecular formula is C19H22N8O. The van der Waals surface area contributed by atoms with Crippen molar-refractivity contribution < 1.29 is 5.11 Å². The summed E-state index contributed by atoms with van der Waals surface area (Å²) >= 11 is 0. The standard InChI is InChI=1S/C19H22N8O/c1-11(2)27-13(4)23-14-8-21-18(7-16(14)27)24-17-5-6-20-19(25-17)26-9-15(12(3)28)22-10-26/h5-12,28H,1-4H3,(H,20,21,24,25)/t12-/m1/s1. The van der Waals surface area contributed by atoms with Crippen molar-refractivity contribution in [1.82, 2.24) is 34.1 Å². The number of imidazole rings is 2. The SMILES string of the molecule is Cc1nc2cnc(Nc3ccnc(-n4cnc([C@@H](C)O)c4)n3)cc2n1C(C)C. The summed E-state index contributed by atoms with van der Waals surface area (Å²) in [6.45, 7) is 7.92. The summed E-state index contributed by atoms with van der Waals surface area (Å²) in [6, 6.07) is 4.04. The summed E-state index contributed by atoms with van der Waals surface area (Å²) in [6.07, 6.45) is 6.06. The highest BCUT2D eigenvalue weighted by molar-refractivity contribution is 5.79. The molecule has 144 valence electrons. The molecule has 9 nitrogen and oxygen atoms in total. The number of nitrogens with one attached hydrogen (secondary N) is 1. The molecule has 0 bridgehead atoms. The number of anilines is 2. The zero-order chi connectivity index (χ0) is 19.8. The number of aromatic nitrogens is 7. The van der Waals surface area contributed by atoms with Crippen LogP contribution in [0.1, 0.15) is 44.4 Å². The van der Waals surface area contributed by atoms with Crippen LogP contribution in [0, 0.1) is 6.92 Å². The second-order valence-corrected chi connectivity index (χ2v) is 6.93. The van der Waals surface area contributed by atoms with E-state index >= 15 is 0 Å². The summed E-state index contributed by atoms with van der Waals surface area (Å²) in [5.41, 5.74) is 2.45. The zero-order valence-corrected chi connectivity index (χ0v) is 16.2. The fraction of sp³-hybridized carbons (Fsp3) is 0.316. The summed E-state index contributed by atoms with van der Waals surface area (Å²) in [4.78, 5) is 22.0. The second kappa shape index (κ2) is 7.01. The van der Waals surface area contributed by atoms with Crippen LogP contribution in [0.15, 0.2) is 37.1 Å². The number of aliphatic hydroxyl groups excluding tert-OH is 1. The molecule has 0 aliphatic heterocycles. The minimum atomic E-state index is -0.646. The molecule has 4 rings (SSSR count). The maximum atomic E-state index is 9.64. The van der Waals surface area contributed by atoms with E-state index in [4.69, 9.17) is 0 Å². The first-order chi connectivity index (χ1) is 13.4. The molecule has 0 radical (unpaired) electrons. The Morgan fingerprint density at radius 2 is 1.89 bits per heavy atom. The Kier molecular flexibility index (Phi) is 4.52. The molecule has 0 aliphatic carbocycles. The van der Waals surface area contributed by atoms with Crippen molar-refractivity contribution in [3.05, 3.63) is 48.6 Å². The summed E-state index contributed by atoms with van der Waals surface area (Å²) in [5.74, 6) is 2.70. The van der Waals surface area contributed by atoms with Gasteiger partial charge in [-0.3, -0.25) is 4.57 Å². The summed E-state index contributed by atoms with van der Waals surface area (Å²) in [7, 11) is 0. The second-order valence-electron chi connectivity index (χ2n) is 6.93. The number of hydrogen-bond donors (Lipinski definition) is 2. The molecule has 0 unspecified atom stereocenters. The van der Waals surface area contributed by atoms with Gasteiger partial charge in [-0.05, 0) is 33.8 Å². The number of fused-ring (bicyclic) bond motifs is 1. The fourth-order valence-electron chi connectivity index (χ4n) is 3.18. The third kappa shape index (κ3) is 3.31. The van der Waals surface area contributed by atoms with Crippen molar-refractivity contribution in [2.24, 2.45) is 0 Å². The van der Waals surface area contributed by atoms with E-state index in [9.17, 15) is 5.11 Å². The van der Waals surface area contributed by atoms with Crippen molar-refractivity contribution in [3.8, 4) is 5.95 Å². The average Bonchev–Trinajstić information content (AvgIpc) is 3.26. The largest absolute Gasteiger partial charge is 0.387 e. The Hall–Kier alpha value is -3.33. The van der Waals surface area contributed by atoms with Crippen molar-refractivity contribution in [2.45, 2.75) is 39.8 Å². The molecule has 0 fully saturated rings. The number of aryl methyl sites for hydroxylation is 1. The Bertz CT molecular complexity index is 1130. The van der Waals surface area contributed by atoms with Gasteiger partial charge in [0, 0.05) is 24.5 Å². The van der Waals surface area contributed by atoms with Gasteiger partial charge in [0.2, 0.25) is 5.95 Å². The minimum absolute atomic E-state index is 0.301. The first-order valence-electron chi connectivity index (χ1n) is 9.09. The molecule has 4 aromatic heterocycles. The predicted octanol–water partition coefficient (Wildman–Crippen LogP) is 3.09. The van der Waals surface area contributed by atoms with Crippen molar-refractivity contribution in [1.29, 1.82) is 0 Å². The first kappa shape index (κ1) is 18.1. The highest BCUT2D eigenvalue weighted by Crippen LogP contribution is 2.23. The molecule has 0 saturated carbocycles. The van der Waals surface area contributed by atoms with Crippen LogP contribution in [0.2, 0.25) is 0 Å². The highest BCUT2D eigenvalue weighted by Gasteiger charge is 2.12. The van der Waals surface area contributed by atoms with E-state index in [1.54, 1.807) is 42.5 Å². The number of hydrogen-bond acceptors (Lipinski definition) is 7. The number of pyridine rings is 1. The van der Waals surface area contributed by atoms with Crippen LogP contribution in [0.5, 0.6) is 0 Å². The molecule has 2 N–H and O–H groups in total. The summed E-state index contributed by atoms with van der Waals surface area (Å²) < 4.78 is 3.84. The molecule has 28 heavy (non-hydrogen) atoms. The van der Waals surface area contributed by atoms with Gasteiger partial charge in [0.05, 0.1) is 23.5 Å². The number of rotatable bonds is 5. The van der Waals surface area contributed by atoms with Gasteiger partial charge in [-0.2, -0.15) is 4.98 Å². The lowest BCUT2D eigenvalue weighted by atomic mass is 10.3. The van der Waals surface area contributed by atoms with E-state index in [1.807, 2.05) is 13.0 Å². The third-order valence-corrected chi connectivity index (χ3v) is 4.43. The Morgan fingerprint density at radius 1 is 1.07 bits per heavy atom. The van der Waals surface area contributed by atoms with Crippen molar-refractivity contribution >= 4 is 22.7 Å². The van der Waals surface area contributed by atoms with Gasteiger partial charge < -0.3 is 15.0 Å². The minimum Gasteiger partial charge on any atom is -0.387 e. The van der Waals surface area contributed by atoms with Crippen LogP contribution in [0.25, 0.3) is 17.0 Å². The molecule has 0 aliphatic rings. The van der Waals surface area contributed by atoms with E-state index in [2.05, 4.69) is 48.7 Å². The molecule has 9 heteroatoms. The van der Waals surface area contributed by atoms with E-state index < -0.39 is 6.10 Å². The van der Waals surface area contributed by atoms with E-state index in [1.165, 1.54) is 0 Å². The zero-order valence-electron chi connectivity index (χ0n) is 16.2. The highest BCUT2D eigenvalue weighted by atomic mass is 16.3. The quantitative estimate of drug-likeness (QED) is 0.549. The Balaban J connectivity index is 1.65. The molecular weight excluding hydrogens is 356 g/mol. The lowest BCUT2D eigenvalue weighted by Crippen LogP contribution is -2.04.